The van der Waals surface area contributed by atoms with Crippen LogP contribution in [-0.2, 0) is 6.54 Å². The molecule has 30 heavy (non-hydrogen) atoms. The van der Waals surface area contributed by atoms with Gasteiger partial charge in [0.2, 0.25) is 0 Å². The zero-order chi connectivity index (χ0) is 20.3. The summed E-state index contributed by atoms with van der Waals surface area (Å²) >= 11 is 1.53. The summed E-state index contributed by atoms with van der Waals surface area (Å²) in [6.45, 7) is 0.407. The monoisotopic (exact) mass is 413 g/mol. The minimum absolute atomic E-state index is 0.121. The number of hydrogen-bond acceptors (Lipinski definition) is 5. The van der Waals surface area contributed by atoms with Gasteiger partial charge in [-0.3, -0.25) is 10.1 Å². The van der Waals surface area contributed by atoms with Crippen LogP contribution >= 0.6 is 11.3 Å². The molecule has 3 aromatic heterocycles. The number of nitrogens with one attached hydrogen (secondary N) is 2. The van der Waals surface area contributed by atoms with Crippen molar-refractivity contribution in [3.8, 4) is 10.4 Å². The molecule has 5 nitrogen and oxygen atoms in total. The van der Waals surface area contributed by atoms with E-state index in [2.05, 4.69) is 10.3 Å². The van der Waals surface area contributed by atoms with E-state index in [0.29, 0.717) is 17.8 Å². The molecule has 0 aliphatic rings. The molecule has 0 saturated heterocycles. The highest BCUT2D eigenvalue weighted by molar-refractivity contribution is 7.21. The second-order valence-corrected chi connectivity index (χ2v) is 7.98. The Bertz CT molecular complexity index is 1310. The van der Waals surface area contributed by atoms with Gasteiger partial charge in [-0.1, -0.05) is 60.7 Å². The summed E-state index contributed by atoms with van der Waals surface area (Å²) in [5.74, 6) is 1.41. The van der Waals surface area contributed by atoms with Gasteiger partial charge in [0, 0.05) is 4.88 Å². The van der Waals surface area contributed by atoms with Crippen LogP contribution in [0.1, 0.15) is 23.2 Å². The number of benzene rings is 2. The molecular weight excluding hydrogens is 394 g/mol. The summed E-state index contributed by atoms with van der Waals surface area (Å²) in [5.41, 5.74) is 2.05. The Kier molecular flexibility index (Phi) is 5.01. The van der Waals surface area contributed by atoms with Gasteiger partial charge in [0.15, 0.2) is 0 Å². The maximum absolute atomic E-state index is 12.7. The topological polar surface area (TPSA) is 70.9 Å². The van der Waals surface area contributed by atoms with Crippen molar-refractivity contribution in [3.05, 3.63) is 113 Å². The number of H-pyrrole nitrogens is 1. The predicted molar refractivity (Wildman–Crippen MR) is 120 cm³/mol. The summed E-state index contributed by atoms with van der Waals surface area (Å²) in [4.78, 5) is 22.0. The van der Waals surface area contributed by atoms with Crippen molar-refractivity contribution in [2.24, 2.45) is 0 Å². The smallest absolute Gasteiger partial charge is 0.259 e. The van der Waals surface area contributed by atoms with E-state index in [0.717, 1.165) is 26.6 Å². The molecule has 148 valence electrons. The Morgan fingerprint density at radius 3 is 2.50 bits per heavy atom. The molecule has 5 aromatic rings. The molecular formula is C24H19N3O2S. The van der Waals surface area contributed by atoms with Gasteiger partial charge in [0.1, 0.15) is 16.4 Å². The van der Waals surface area contributed by atoms with Crippen LogP contribution in [-0.4, -0.2) is 9.97 Å². The first kappa shape index (κ1) is 18.5. The summed E-state index contributed by atoms with van der Waals surface area (Å²) in [5, 5.41) is 4.08. The highest BCUT2D eigenvalue weighted by Crippen LogP contribution is 2.30. The molecule has 0 spiro atoms. The van der Waals surface area contributed by atoms with Crippen LogP contribution in [0.2, 0.25) is 0 Å². The Morgan fingerprint density at radius 2 is 1.77 bits per heavy atom. The third-order valence-corrected chi connectivity index (χ3v) is 6.02. The minimum Gasteiger partial charge on any atom is -0.467 e. The van der Waals surface area contributed by atoms with Gasteiger partial charge in [0.05, 0.1) is 24.2 Å². The van der Waals surface area contributed by atoms with Crippen LogP contribution in [0.4, 0.5) is 0 Å². The lowest BCUT2D eigenvalue weighted by molar-refractivity contribution is 0.442. The average Bonchev–Trinajstić information content (AvgIpc) is 3.46. The number of furan rings is 1. The fraction of sp³-hybridized carbons (Fsp3) is 0.0833. The molecule has 5 rings (SSSR count). The summed E-state index contributed by atoms with van der Waals surface area (Å²) in [7, 11) is 0. The summed E-state index contributed by atoms with van der Waals surface area (Å²) in [6.07, 6.45) is 1.66. The number of aromatic amines is 1. The summed E-state index contributed by atoms with van der Waals surface area (Å²) in [6, 6.07) is 25.7. The number of nitrogens with zero attached hydrogens (tertiary/aromatic N) is 1. The SMILES string of the molecule is O=c1[nH]c(CN[C@H](c2ccccc2)c2ccco2)nc2sc(-c3ccccc3)cc12. The van der Waals surface area contributed by atoms with E-state index in [-0.39, 0.29) is 11.6 Å². The van der Waals surface area contributed by atoms with E-state index in [1.807, 2.05) is 78.9 Å². The lowest BCUT2D eigenvalue weighted by Gasteiger charge is -2.16. The highest BCUT2D eigenvalue weighted by Gasteiger charge is 2.17. The van der Waals surface area contributed by atoms with Crippen molar-refractivity contribution in [2.75, 3.05) is 0 Å². The lowest BCUT2D eigenvalue weighted by Crippen LogP contribution is -2.24. The van der Waals surface area contributed by atoms with Crippen LogP contribution in [0.15, 0.2) is 94.3 Å². The normalized spacial score (nSPS) is 12.3. The van der Waals surface area contributed by atoms with Gasteiger partial charge >= 0.3 is 0 Å². The lowest BCUT2D eigenvalue weighted by atomic mass is 10.0. The van der Waals surface area contributed by atoms with Gasteiger partial charge < -0.3 is 9.40 Å². The second-order valence-electron chi connectivity index (χ2n) is 6.95. The van der Waals surface area contributed by atoms with Gasteiger partial charge in [-0.25, -0.2) is 4.98 Å². The van der Waals surface area contributed by atoms with Gasteiger partial charge in [0.25, 0.3) is 5.56 Å². The Morgan fingerprint density at radius 1 is 1.00 bits per heavy atom. The molecule has 0 bridgehead atoms. The fourth-order valence-electron chi connectivity index (χ4n) is 3.49. The van der Waals surface area contributed by atoms with Crippen LogP contribution in [0.25, 0.3) is 20.7 Å². The van der Waals surface area contributed by atoms with E-state index in [1.165, 1.54) is 11.3 Å². The quantitative estimate of drug-likeness (QED) is 0.405. The first-order valence-electron chi connectivity index (χ1n) is 9.68. The molecule has 0 saturated carbocycles. The van der Waals surface area contributed by atoms with Crippen LogP contribution < -0.4 is 10.9 Å². The van der Waals surface area contributed by atoms with Gasteiger partial charge in [-0.2, -0.15) is 0 Å². The van der Waals surface area contributed by atoms with E-state index in [4.69, 9.17) is 9.40 Å². The maximum atomic E-state index is 12.7. The third kappa shape index (κ3) is 3.70. The first-order valence-corrected chi connectivity index (χ1v) is 10.5. The number of rotatable bonds is 6. The number of hydrogen-bond donors (Lipinski definition) is 2. The first-order chi connectivity index (χ1) is 14.8. The molecule has 0 amide bonds. The molecule has 2 N–H and O–H groups in total. The second kappa shape index (κ2) is 8.10. The molecule has 0 aliphatic heterocycles. The zero-order valence-electron chi connectivity index (χ0n) is 16.0. The van der Waals surface area contributed by atoms with Crippen molar-refractivity contribution < 1.29 is 4.42 Å². The van der Waals surface area contributed by atoms with Crippen molar-refractivity contribution >= 4 is 21.6 Å². The highest BCUT2D eigenvalue weighted by atomic mass is 32.1. The molecule has 1 atom stereocenters. The van der Waals surface area contributed by atoms with Crippen molar-refractivity contribution in [3.63, 3.8) is 0 Å². The molecule has 0 fully saturated rings. The maximum Gasteiger partial charge on any atom is 0.259 e. The Hall–Kier alpha value is -3.48. The molecule has 0 unspecified atom stereocenters. The van der Waals surface area contributed by atoms with Crippen LogP contribution in [0.3, 0.4) is 0 Å². The molecule has 6 heteroatoms. The number of fused-ring (bicyclic) bond motifs is 1. The minimum atomic E-state index is -0.134. The van der Waals surface area contributed by atoms with Gasteiger partial charge in [-0.15, -0.1) is 11.3 Å². The predicted octanol–water partition coefficient (Wildman–Crippen LogP) is 5.12. The molecule has 0 radical (unpaired) electrons. The zero-order valence-corrected chi connectivity index (χ0v) is 16.9. The number of aromatic nitrogens is 2. The van der Waals surface area contributed by atoms with E-state index in [1.54, 1.807) is 6.26 Å². The standard InChI is InChI=1S/C24H19N3O2S/c28-23-18-14-20(16-8-3-1-4-9-16)30-24(18)27-21(26-23)15-25-22(19-12-7-13-29-19)17-10-5-2-6-11-17/h1-14,22,25H,15H2,(H,26,27,28)/t22-/m1/s1. The third-order valence-electron chi connectivity index (χ3n) is 4.94. The Labute approximate surface area is 177 Å². The van der Waals surface area contributed by atoms with E-state index < -0.39 is 0 Å². The van der Waals surface area contributed by atoms with Crippen LogP contribution in [0, 0.1) is 0 Å². The molecule has 3 heterocycles. The number of thiophene rings is 1. The largest absolute Gasteiger partial charge is 0.467 e. The molecule has 2 aromatic carbocycles. The van der Waals surface area contributed by atoms with Crippen molar-refractivity contribution in [1.29, 1.82) is 0 Å². The molecule has 0 aliphatic carbocycles. The Balaban J connectivity index is 1.44. The van der Waals surface area contributed by atoms with Crippen molar-refractivity contribution in [1.82, 2.24) is 15.3 Å². The van der Waals surface area contributed by atoms with Crippen LogP contribution in [0.5, 0.6) is 0 Å². The van der Waals surface area contributed by atoms with E-state index >= 15 is 0 Å². The average molecular weight is 414 g/mol. The van der Waals surface area contributed by atoms with Crippen molar-refractivity contribution in [2.45, 2.75) is 12.6 Å². The van der Waals surface area contributed by atoms with E-state index in [9.17, 15) is 4.79 Å². The summed E-state index contributed by atoms with van der Waals surface area (Å²) < 4.78 is 5.63. The van der Waals surface area contributed by atoms with Gasteiger partial charge in [-0.05, 0) is 29.3 Å². The fourth-order valence-corrected chi connectivity index (χ4v) is 4.54.